The molecule has 2 aliphatic heterocycles. The molecule has 0 radical (unpaired) electrons. The van der Waals surface area contributed by atoms with Gasteiger partial charge >= 0.3 is 0 Å². The molecule has 24 heavy (non-hydrogen) atoms. The van der Waals surface area contributed by atoms with Gasteiger partial charge in [-0.3, -0.25) is 9.69 Å². The maximum absolute atomic E-state index is 11.6. The number of halogens is 1. The minimum Gasteiger partial charge on any atom is -0.390 e. The van der Waals surface area contributed by atoms with E-state index in [-0.39, 0.29) is 5.91 Å². The zero-order chi connectivity index (χ0) is 17.1. The van der Waals surface area contributed by atoms with Crippen LogP contribution in [0.15, 0.2) is 24.3 Å². The molecule has 2 aliphatic rings. The highest BCUT2D eigenvalue weighted by Crippen LogP contribution is 2.25. The van der Waals surface area contributed by atoms with Crippen molar-refractivity contribution in [1.29, 1.82) is 0 Å². The summed E-state index contributed by atoms with van der Waals surface area (Å²) < 4.78 is 0. The number of piperidine rings is 1. The van der Waals surface area contributed by atoms with E-state index in [1.807, 2.05) is 18.2 Å². The zero-order valence-corrected chi connectivity index (χ0v) is 15.0. The highest BCUT2D eigenvalue weighted by molar-refractivity contribution is 6.30. The monoisotopic (exact) mass is 351 g/mol. The van der Waals surface area contributed by atoms with Gasteiger partial charge in [0.2, 0.25) is 5.91 Å². The molecule has 0 spiro atoms. The van der Waals surface area contributed by atoms with Crippen molar-refractivity contribution in [3.8, 4) is 0 Å². The van der Waals surface area contributed by atoms with Crippen LogP contribution in [0.4, 0.5) is 5.69 Å². The van der Waals surface area contributed by atoms with Gasteiger partial charge < -0.3 is 14.9 Å². The molecular formula is C18H26ClN3O2. The number of aliphatic hydroxyl groups is 1. The summed E-state index contributed by atoms with van der Waals surface area (Å²) in [5.41, 5.74) is 1.18. The molecule has 2 heterocycles. The third-order valence-corrected chi connectivity index (χ3v) is 5.37. The van der Waals surface area contributed by atoms with Crippen LogP contribution >= 0.6 is 11.6 Å². The molecule has 6 heteroatoms. The Morgan fingerprint density at radius 1 is 1.17 bits per heavy atom. The summed E-state index contributed by atoms with van der Waals surface area (Å²) in [6.07, 6.45) is 1.68. The molecule has 2 saturated heterocycles. The van der Waals surface area contributed by atoms with Crippen LogP contribution in [0.3, 0.4) is 0 Å². The summed E-state index contributed by atoms with van der Waals surface area (Å²) in [7, 11) is 0. The Morgan fingerprint density at radius 2 is 1.92 bits per heavy atom. The number of amides is 1. The fraction of sp³-hybridized carbons (Fsp3) is 0.611. The quantitative estimate of drug-likeness (QED) is 0.883. The molecule has 1 aromatic carbocycles. The van der Waals surface area contributed by atoms with Crippen LogP contribution in [0.1, 0.15) is 19.8 Å². The van der Waals surface area contributed by atoms with E-state index in [4.69, 9.17) is 11.6 Å². The van der Waals surface area contributed by atoms with Crippen LogP contribution < -0.4 is 4.90 Å². The lowest BCUT2D eigenvalue weighted by Crippen LogP contribution is -2.47. The number of nitrogens with zero attached hydrogens (tertiary/aromatic N) is 3. The van der Waals surface area contributed by atoms with Gasteiger partial charge in [0.15, 0.2) is 0 Å². The van der Waals surface area contributed by atoms with Crippen LogP contribution in [0.25, 0.3) is 0 Å². The van der Waals surface area contributed by atoms with Crippen molar-refractivity contribution in [3.05, 3.63) is 29.3 Å². The van der Waals surface area contributed by atoms with E-state index in [1.165, 1.54) is 5.69 Å². The summed E-state index contributed by atoms with van der Waals surface area (Å²) in [6, 6.07) is 8.49. The van der Waals surface area contributed by atoms with Gasteiger partial charge in [0.25, 0.3) is 0 Å². The van der Waals surface area contributed by atoms with Gasteiger partial charge in [-0.2, -0.15) is 0 Å². The average Bonchev–Trinajstić information content (AvgIpc) is 2.77. The number of rotatable bonds is 2. The average molecular weight is 352 g/mol. The number of carbonyl (C=O) groups is 1. The van der Waals surface area contributed by atoms with E-state index < -0.39 is 6.10 Å². The topological polar surface area (TPSA) is 47.0 Å². The normalized spacial score (nSPS) is 24.0. The largest absolute Gasteiger partial charge is 0.390 e. The van der Waals surface area contributed by atoms with E-state index in [2.05, 4.69) is 15.9 Å². The van der Waals surface area contributed by atoms with Crippen molar-refractivity contribution in [3.63, 3.8) is 0 Å². The highest BCUT2D eigenvalue weighted by Gasteiger charge is 2.29. The van der Waals surface area contributed by atoms with E-state index in [0.29, 0.717) is 25.7 Å². The Morgan fingerprint density at radius 3 is 2.58 bits per heavy atom. The van der Waals surface area contributed by atoms with Crippen LogP contribution in [-0.2, 0) is 4.79 Å². The second-order valence-electron chi connectivity index (χ2n) is 6.81. The Balaban J connectivity index is 1.57. The molecule has 2 fully saturated rings. The molecule has 1 N–H and O–H groups in total. The van der Waals surface area contributed by atoms with E-state index in [9.17, 15) is 9.90 Å². The number of hydrogen-bond donors (Lipinski definition) is 1. The summed E-state index contributed by atoms with van der Waals surface area (Å²) in [5, 5.41) is 11.0. The molecule has 1 aromatic rings. The lowest BCUT2D eigenvalue weighted by atomic mass is 10.0. The van der Waals surface area contributed by atoms with Gasteiger partial charge in [-0.1, -0.05) is 17.7 Å². The van der Waals surface area contributed by atoms with Crippen LogP contribution in [0, 0.1) is 0 Å². The van der Waals surface area contributed by atoms with Crippen molar-refractivity contribution < 1.29 is 9.90 Å². The second kappa shape index (κ2) is 7.72. The van der Waals surface area contributed by atoms with Gasteiger partial charge in [-0.25, -0.2) is 0 Å². The number of β-amino-alcohol motifs (C(OH)–C–C–N with tert-alkyl or cyclic N) is 1. The highest BCUT2D eigenvalue weighted by atomic mass is 35.5. The Labute approximate surface area is 148 Å². The summed E-state index contributed by atoms with van der Waals surface area (Å²) >= 11 is 6.09. The molecule has 1 atom stereocenters. The third kappa shape index (κ3) is 4.21. The van der Waals surface area contributed by atoms with Crippen molar-refractivity contribution in [1.82, 2.24) is 9.80 Å². The molecule has 1 amide bonds. The van der Waals surface area contributed by atoms with Crippen LogP contribution in [0.2, 0.25) is 5.02 Å². The summed E-state index contributed by atoms with van der Waals surface area (Å²) in [5.74, 6) is 0.0478. The first-order valence-corrected chi connectivity index (χ1v) is 9.09. The van der Waals surface area contributed by atoms with Crippen molar-refractivity contribution >= 4 is 23.2 Å². The van der Waals surface area contributed by atoms with Gasteiger partial charge in [-0.15, -0.1) is 0 Å². The molecule has 0 unspecified atom stereocenters. The van der Waals surface area contributed by atoms with Crippen molar-refractivity contribution in [2.75, 3.05) is 44.2 Å². The first-order chi connectivity index (χ1) is 11.5. The fourth-order valence-corrected chi connectivity index (χ4v) is 3.98. The number of anilines is 1. The first kappa shape index (κ1) is 17.5. The van der Waals surface area contributed by atoms with Gasteiger partial charge in [0, 0.05) is 62.9 Å². The SMILES string of the molecule is CC(=O)N1CCN(C2CCN(c3cccc(Cl)c3)CC2)C[C@H](O)C1. The predicted octanol–water partition coefficient (Wildman–Crippen LogP) is 1.83. The van der Waals surface area contributed by atoms with Gasteiger partial charge in [0.05, 0.1) is 6.10 Å². The molecule has 0 aromatic heterocycles. The Bertz CT molecular complexity index is 575. The van der Waals surface area contributed by atoms with Crippen molar-refractivity contribution in [2.24, 2.45) is 0 Å². The van der Waals surface area contributed by atoms with Crippen molar-refractivity contribution in [2.45, 2.75) is 31.9 Å². The minimum atomic E-state index is -0.456. The van der Waals surface area contributed by atoms with E-state index >= 15 is 0 Å². The van der Waals surface area contributed by atoms with E-state index in [0.717, 1.165) is 37.5 Å². The van der Waals surface area contributed by atoms with Gasteiger partial charge in [-0.05, 0) is 31.0 Å². The van der Waals surface area contributed by atoms with Crippen LogP contribution in [0.5, 0.6) is 0 Å². The number of hydrogen-bond acceptors (Lipinski definition) is 4. The number of benzene rings is 1. The molecule has 0 saturated carbocycles. The minimum absolute atomic E-state index is 0.0478. The van der Waals surface area contributed by atoms with E-state index in [1.54, 1.807) is 11.8 Å². The lowest BCUT2D eigenvalue weighted by molar-refractivity contribution is -0.129. The Hall–Kier alpha value is -1.30. The number of aliphatic hydroxyl groups excluding tert-OH is 1. The van der Waals surface area contributed by atoms with Crippen LogP contribution in [-0.4, -0.2) is 72.2 Å². The van der Waals surface area contributed by atoms with Gasteiger partial charge in [0.1, 0.15) is 0 Å². The maximum atomic E-state index is 11.6. The molecular weight excluding hydrogens is 326 g/mol. The summed E-state index contributed by atoms with van der Waals surface area (Å²) in [6.45, 7) is 6.23. The second-order valence-corrected chi connectivity index (χ2v) is 7.25. The fourth-order valence-electron chi connectivity index (χ4n) is 3.79. The smallest absolute Gasteiger partial charge is 0.219 e. The maximum Gasteiger partial charge on any atom is 0.219 e. The lowest BCUT2D eigenvalue weighted by Gasteiger charge is -2.39. The predicted molar refractivity (Wildman–Crippen MR) is 96.5 cm³/mol. The standard InChI is InChI=1S/C18H26ClN3O2/c1-14(23)21-9-10-22(13-18(24)12-21)16-5-7-20(8-6-16)17-4-2-3-15(19)11-17/h2-4,11,16,18,24H,5-10,12-13H2,1H3/t18-/m1/s1. The third-order valence-electron chi connectivity index (χ3n) is 5.13. The molecule has 5 nitrogen and oxygen atoms in total. The first-order valence-electron chi connectivity index (χ1n) is 8.71. The molecule has 132 valence electrons. The zero-order valence-electron chi connectivity index (χ0n) is 14.2. The Kier molecular flexibility index (Phi) is 5.64. The number of carbonyl (C=O) groups excluding carboxylic acids is 1. The molecule has 0 bridgehead atoms. The molecule has 0 aliphatic carbocycles. The molecule has 3 rings (SSSR count). The summed E-state index contributed by atoms with van der Waals surface area (Å²) in [4.78, 5) is 18.1.